The third-order valence-electron chi connectivity index (χ3n) is 2.61. The summed E-state index contributed by atoms with van der Waals surface area (Å²) in [6, 6.07) is 4.75. The second-order valence-corrected chi connectivity index (χ2v) is 3.71. The van der Waals surface area contributed by atoms with Gasteiger partial charge >= 0.3 is 6.03 Å². The molecule has 1 N–H and O–H groups in total. The predicted octanol–water partition coefficient (Wildman–Crippen LogP) is 2.04. The number of carbonyl (C=O) groups is 1. The van der Waals surface area contributed by atoms with Crippen LogP contribution in [0.5, 0.6) is 0 Å². The molecule has 1 aliphatic rings. The van der Waals surface area contributed by atoms with Gasteiger partial charge in [0.25, 0.3) is 0 Å². The van der Waals surface area contributed by atoms with Crippen molar-refractivity contribution in [1.29, 1.82) is 0 Å². The first-order chi connectivity index (χ1) is 7.72. The summed E-state index contributed by atoms with van der Waals surface area (Å²) in [7, 11) is 0. The van der Waals surface area contributed by atoms with Crippen molar-refractivity contribution < 1.29 is 9.18 Å². The summed E-state index contributed by atoms with van der Waals surface area (Å²) in [6.07, 6.45) is 1.61. The molecule has 0 aliphatic carbocycles. The van der Waals surface area contributed by atoms with Crippen molar-refractivity contribution in [2.45, 2.75) is 13.1 Å². The molecule has 2 rings (SSSR count). The van der Waals surface area contributed by atoms with E-state index in [-0.39, 0.29) is 11.8 Å². The van der Waals surface area contributed by atoms with E-state index in [9.17, 15) is 9.18 Å². The molecule has 4 heteroatoms. The number of carbonyl (C=O) groups excluding carboxylic acids is 1. The Balaban J connectivity index is 2.08. The number of urea groups is 1. The summed E-state index contributed by atoms with van der Waals surface area (Å²) < 4.78 is 13.4. The van der Waals surface area contributed by atoms with E-state index in [0.717, 1.165) is 5.56 Å². The fourth-order valence-electron chi connectivity index (χ4n) is 1.80. The Morgan fingerprint density at radius 1 is 1.56 bits per heavy atom. The van der Waals surface area contributed by atoms with E-state index in [1.807, 2.05) is 6.07 Å². The number of halogens is 1. The average molecular weight is 220 g/mol. The van der Waals surface area contributed by atoms with E-state index in [1.54, 1.807) is 17.0 Å². The maximum atomic E-state index is 13.4. The molecule has 0 aromatic heterocycles. The summed E-state index contributed by atoms with van der Waals surface area (Å²) >= 11 is 0. The van der Waals surface area contributed by atoms with Crippen LogP contribution in [0.15, 0.2) is 30.9 Å². The predicted molar refractivity (Wildman–Crippen MR) is 59.2 cm³/mol. The third kappa shape index (κ3) is 1.91. The molecule has 1 aromatic carbocycles. The first-order valence-electron chi connectivity index (χ1n) is 5.12. The lowest BCUT2D eigenvalue weighted by Gasteiger charge is -2.15. The molecule has 0 saturated carbocycles. The lowest BCUT2D eigenvalue weighted by molar-refractivity contribution is 0.199. The highest BCUT2D eigenvalue weighted by Crippen LogP contribution is 2.24. The Hall–Kier alpha value is -1.84. The third-order valence-corrected chi connectivity index (χ3v) is 2.61. The van der Waals surface area contributed by atoms with E-state index < -0.39 is 0 Å². The van der Waals surface area contributed by atoms with Crippen LogP contribution in [0, 0.1) is 5.82 Å². The number of nitrogens with one attached hydrogen (secondary N) is 1. The molecule has 0 spiro atoms. The SMILES string of the molecule is C=CCNC(=O)N1Cc2cccc(F)c2C1. The minimum Gasteiger partial charge on any atom is -0.335 e. The second kappa shape index (κ2) is 4.35. The van der Waals surface area contributed by atoms with Gasteiger partial charge in [0, 0.05) is 18.7 Å². The van der Waals surface area contributed by atoms with Gasteiger partial charge in [0.2, 0.25) is 0 Å². The maximum absolute atomic E-state index is 13.4. The van der Waals surface area contributed by atoms with Gasteiger partial charge in [-0.3, -0.25) is 0 Å². The van der Waals surface area contributed by atoms with Crippen molar-refractivity contribution in [2.75, 3.05) is 6.54 Å². The zero-order valence-corrected chi connectivity index (χ0v) is 8.87. The molecule has 2 amide bonds. The van der Waals surface area contributed by atoms with Gasteiger partial charge < -0.3 is 10.2 Å². The Morgan fingerprint density at radius 3 is 3.06 bits per heavy atom. The average Bonchev–Trinajstić information content (AvgIpc) is 2.71. The van der Waals surface area contributed by atoms with Crippen molar-refractivity contribution >= 4 is 6.03 Å². The zero-order valence-electron chi connectivity index (χ0n) is 8.87. The summed E-state index contributed by atoms with van der Waals surface area (Å²) in [6.45, 7) is 4.75. The Bertz CT molecular complexity index is 431. The Morgan fingerprint density at radius 2 is 2.38 bits per heavy atom. The van der Waals surface area contributed by atoms with Crippen LogP contribution in [0.2, 0.25) is 0 Å². The summed E-state index contributed by atoms with van der Waals surface area (Å²) in [4.78, 5) is 13.2. The van der Waals surface area contributed by atoms with Crippen molar-refractivity contribution in [3.05, 3.63) is 47.8 Å². The van der Waals surface area contributed by atoms with Crippen LogP contribution in [-0.4, -0.2) is 17.5 Å². The maximum Gasteiger partial charge on any atom is 0.318 e. The number of hydrogen-bond donors (Lipinski definition) is 1. The van der Waals surface area contributed by atoms with Crippen LogP contribution >= 0.6 is 0 Å². The van der Waals surface area contributed by atoms with Crippen molar-refractivity contribution in [2.24, 2.45) is 0 Å². The Labute approximate surface area is 93.6 Å². The highest BCUT2D eigenvalue weighted by Gasteiger charge is 2.24. The van der Waals surface area contributed by atoms with E-state index in [4.69, 9.17) is 0 Å². The minimum absolute atomic E-state index is 0.185. The highest BCUT2D eigenvalue weighted by molar-refractivity contribution is 5.75. The van der Waals surface area contributed by atoms with E-state index in [2.05, 4.69) is 11.9 Å². The van der Waals surface area contributed by atoms with Crippen molar-refractivity contribution in [3.8, 4) is 0 Å². The summed E-state index contributed by atoms with van der Waals surface area (Å²) in [5, 5.41) is 2.68. The van der Waals surface area contributed by atoms with Crippen LogP contribution in [0.3, 0.4) is 0 Å². The summed E-state index contributed by atoms with van der Waals surface area (Å²) in [5.74, 6) is -0.239. The van der Waals surface area contributed by atoms with Crippen LogP contribution < -0.4 is 5.32 Å². The standard InChI is InChI=1S/C12H13FN2O/c1-2-6-14-12(16)15-7-9-4-3-5-11(13)10(9)8-15/h2-5H,1,6-8H2,(H,14,16). The van der Waals surface area contributed by atoms with Gasteiger partial charge in [-0.2, -0.15) is 0 Å². The van der Waals surface area contributed by atoms with Gasteiger partial charge in [0.1, 0.15) is 5.82 Å². The van der Waals surface area contributed by atoms with Crippen molar-refractivity contribution in [3.63, 3.8) is 0 Å². The van der Waals surface area contributed by atoms with Crippen LogP contribution in [0.1, 0.15) is 11.1 Å². The molecule has 0 bridgehead atoms. The van der Waals surface area contributed by atoms with E-state index in [1.165, 1.54) is 6.07 Å². The highest BCUT2D eigenvalue weighted by atomic mass is 19.1. The van der Waals surface area contributed by atoms with Crippen molar-refractivity contribution in [1.82, 2.24) is 10.2 Å². The molecule has 84 valence electrons. The molecule has 0 saturated heterocycles. The topological polar surface area (TPSA) is 32.3 Å². The molecule has 0 radical (unpaired) electrons. The lowest BCUT2D eigenvalue weighted by Crippen LogP contribution is -2.36. The number of benzene rings is 1. The molecule has 16 heavy (non-hydrogen) atoms. The largest absolute Gasteiger partial charge is 0.335 e. The van der Waals surface area contributed by atoms with Crippen LogP contribution in [-0.2, 0) is 13.1 Å². The monoisotopic (exact) mass is 220 g/mol. The molecule has 0 unspecified atom stereocenters. The molecule has 1 aromatic rings. The Kier molecular flexibility index (Phi) is 2.90. The van der Waals surface area contributed by atoms with Gasteiger partial charge in [-0.05, 0) is 11.6 Å². The fourth-order valence-corrected chi connectivity index (χ4v) is 1.80. The molecular weight excluding hydrogens is 207 g/mol. The number of nitrogens with zero attached hydrogens (tertiary/aromatic N) is 1. The first-order valence-corrected chi connectivity index (χ1v) is 5.12. The second-order valence-electron chi connectivity index (χ2n) is 3.71. The molecule has 3 nitrogen and oxygen atoms in total. The number of amides is 2. The minimum atomic E-state index is -0.239. The van der Waals surface area contributed by atoms with Crippen LogP contribution in [0.4, 0.5) is 9.18 Å². The first kappa shape index (κ1) is 10.7. The number of fused-ring (bicyclic) bond motifs is 1. The fraction of sp³-hybridized carbons (Fsp3) is 0.250. The van der Waals surface area contributed by atoms with Gasteiger partial charge in [0.05, 0.1) is 6.54 Å². The number of rotatable bonds is 2. The quantitative estimate of drug-likeness (QED) is 0.760. The van der Waals surface area contributed by atoms with E-state index in [0.29, 0.717) is 25.2 Å². The normalized spacial score (nSPS) is 13.4. The summed E-state index contributed by atoms with van der Waals surface area (Å²) in [5.41, 5.74) is 1.50. The molecular formula is C12H13FN2O. The lowest BCUT2D eigenvalue weighted by atomic mass is 10.1. The van der Waals surface area contributed by atoms with Gasteiger partial charge in [-0.1, -0.05) is 18.2 Å². The smallest absolute Gasteiger partial charge is 0.318 e. The van der Waals surface area contributed by atoms with Crippen LogP contribution in [0.25, 0.3) is 0 Å². The number of hydrogen-bond acceptors (Lipinski definition) is 1. The van der Waals surface area contributed by atoms with Gasteiger partial charge in [0.15, 0.2) is 0 Å². The van der Waals surface area contributed by atoms with Gasteiger partial charge in [-0.15, -0.1) is 6.58 Å². The zero-order chi connectivity index (χ0) is 11.5. The molecule has 1 heterocycles. The molecule has 1 aliphatic heterocycles. The molecule has 0 fully saturated rings. The van der Waals surface area contributed by atoms with E-state index >= 15 is 0 Å². The molecule has 0 atom stereocenters. The van der Waals surface area contributed by atoms with Gasteiger partial charge in [-0.25, -0.2) is 9.18 Å².